The first-order valence-corrected chi connectivity index (χ1v) is 11.8. The molecule has 2 unspecified atom stereocenters. The van der Waals surface area contributed by atoms with Gasteiger partial charge in [0.15, 0.2) is 0 Å². The first-order valence-electron chi connectivity index (χ1n) is 9.66. The van der Waals surface area contributed by atoms with E-state index in [1.165, 1.54) is 17.4 Å². The number of aromatic nitrogens is 2. The van der Waals surface area contributed by atoms with Gasteiger partial charge < -0.3 is 9.64 Å². The molecule has 150 valence electrons. The van der Waals surface area contributed by atoms with E-state index in [0.29, 0.717) is 12.0 Å². The van der Waals surface area contributed by atoms with Crippen LogP contribution in [0.5, 0.6) is 5.75 Å². The third kappa shape index (κ3) is 4.28. The number of piperazine rings is 1. The Hall–Kier alpha value is -2.19. The molecule has 3 heterocycles. The van der Waals surface area contributed by atoms with Gasteiger partial charge in [-0.1, -0.05) is 12.1 Å². The Balaban J connectivity index is 1.36. The van der Waals surface area contributed by atoms with E-state index in [1.54, 1.807) is 12.4 Å². The zero-order valence-electron chi connectivity index (χ0n) is 16.4. The number of benzene rings is 1. The van der Waals surface area contributed by atoms with Crippen molar-refractivity contribution in [2.45, 2.75) is 25.1 Å². The maximum Gasteiger partial charge on any atom is 0.225 e. The van der Waals surface area contributed by atoms with Gasteiger partial charge in [0.1, 0.15) is 5.75 Å². The topological polar surface area (TPSA) is 82.4 Å². The Morgan fingerprint density at radius 1 is 1.21 bits per heavy atom. The second-order valence-corrected chi connectivity index (χ2v) is 10.0. The lowest BCUT2D eigenvalue weighted by Gasteiger charge is -2.38. The van der Waals surface area contributed by atoms with E-state index in [4.69, 9.17) is 9.52 Å². The SMILES string of the molecule is CC(c1ccc2c(c1)OCC2)N1CCN(c2ncc(CS(C)(=N)=O)cn2)CC1. The number of fused-ring (bicyclic) bond motifs is 1. The van der Waals surface area contributed by atoms with Crippen LogP contribution in [0.4, 0.5) is 5.95 Å². The highest BCUT2D eigenvalue weighted by Gasteiger charge is 2.24. The maximum atomic E-state index is 11.6. The monoisotopic (exact) mass is 401 g/mol. The number of nitrogens with zero attached hydrogens (tertiary/aromatic N) is 4. The Labute approximate surface area is 166 Å². The highest BCUT2D eigenvalue weighted by molar-refractivity contribution is 7.90. The van der Waals surface area contributed by atoms with Crippen LogP contribution in [0.15, 0.2) is 30.6 Å². The van der Waals surface area contributed by atoms with Crippen LogP contribution in [0.1, 0.15) is 29.7 Å². The summed E-state index contributed by atoms with van der Waals surface area (Å²) in [5.74, 6) is 1.94. The van der Waals surface area contributed by atoms with E-state index in [-0.39, 0.29) is 5.75 Å². The summed E-state index contributed by atoms with van der Waals surface area (Å²) >= 11 is 0. The van der Waals surface area contributed by atoms with Crippen molar-refractivity contribution in [2.24, 2.45) is 0 Å². The first kappa shape index (κ1) is 19.1. The highest BCUT2D eigenvalue weighted by atomic mass is 32.2. The van der Waals surface area contributed by atoms with E-state index >= 15 is 0 Å². The van der Waals surface area contributed by atoms with E-state index in [9.17, 15) is 4.21 Å². The Bertz CT molecular complexity index is 938. The minimum Gasteiger partial charge on any atom is -0.493 e. The van der Waals surface area contributed by atoms with Gasteiger partial charge in [0, 0.05) is 72.6 Å². The number of anilines is 1. The van der Waals surface area contributed by atoms with Crippen LogP contribution in [0.2, 0.25) is 0 Å². The van der Waals surface area contributed by atoms with Gasteiger partial charge in [-0.25, -0.2) is 14.2 Å². The average Bonchev–Trinajstić information content (AvgIpc) is 3.15. The van der Waals surface area contributed by atoms with Crippen LogP contribution >= 0.6 is 0 Å². The molecule has 0 spiro atoms. The van der Waals surface area contributed by atoms with Gasteiger partial charge >= 0.3 is 0 Å². The minimum absolute atomic E-state index is 0.197. The molecule has 0 saturated carbocycles. The molecule has 2 aliphatic heterocycles. The highest BCUT2D eigenvalue weighted by Crippen LogP contribution is 2.31. The van der Waals surface area contributed by atoms with Gasteiger partial charge in [0.2, 0.25) is 5.95 Å². The summed E-state index contributed by atoms with van der Waals surface area (Å²) in [7, 11) is -2.57. The van der Waals surface area contributed by atoms with E-state index in [0.717, 1.165) is 50.5 Å². The molecule has 2 atom stereocenters. The van der Waals surface area contributed by atoms with Crippen LogP contribution in [0, 0.1) is 4.78 Å². The Morgan fingerprint density at radius 3 is 2.61 bits per heavy atom. The lowest BCUT2D eigenvalue weighted by atomic mass is 10.0. The molecule has 0 amide bonds. The number of rotatable bonds is 5. The normalized spacial score (nSPS) is 20.3. The fourth-order valence-electron chi connectivity index (χ4n) is 3.87. The summed E-state index contributed by atoms with van der Waals surface area (Å²) in [5.41, 5.74) is 3.36. The first-order chi connectivity index (χ1) is 13.4. The molecule has 2 aliphatic rings. The molecule has 28 heavy (non-hydrogen) atoms. The second-order valence-electron chi connectivity index (χ2n) is 7.71. The van der Waals surface area contributed by atoms with Gasteiger partial charge in [0.05, 0.1) is 12.4 Å². The third-order valence-corrected chi connectivity index (χ3v) is 6.37. The number of ether oxygens (including phenoxy) is 1. The van der Waals surface area contributed by atoms with Crippen LogP contribution in [-0.4, -0.2) is 58.1 Å². The molecule has 1 N–H and O–H groups in total. The molecule has 0 aliphatic carbocycles. The average molecular weight is 402 g/mol. The quantitative estimate of drug-likeness (QED) is 0.829. The van der Waals surface area contributed by atoms with E-state index < -0.39 is 9.73 Å². The molecule has 1 saturated heterocycles. The largest absolute Gasteiger partial charge is 0.493 e. The molecule has 0 radical (unpaired) electrons. The predicted molar refractivity (Wildman–Crippen MR) is 110 cm³/mol. The fourth-order valence-corrected chi connectivity index (χ4v) is 4.65. The number of hydrogen-bond acceptors (Lipinski definition) is 7. The summed E-state index contributed by atoms with van der Waals surface area (Å²) in [5, 5.41) is 0. The molecule has 1 aromatic heterocycles. The van der Waals surface area contributed by atoms with Crippen molar-refractivity contribution >= 4 is 15.7 Å². The van der Waals surface area contributed by atoms with Crippen molar-refractivity contribution in [3.63, 3.8) is 0 Å². The summed E-state index contributed by atoms with van der Waals surface area (Å²) in [6, 6.07) is 6.96. The molecule has 4 rings (SSSR count). The summed E-state index contributed by atoms with van der Waals surface area (Å²) in [6.07, 6.45) is 5.84. The minimum atomic E-state index is -2.57. The van der Waals surface area contributed by atoms with Gasteiger partial charge in [-0.3, -0.25) is 9.68 Å². The van der Waals surface area contributed by atoms with Gasteiger partial charge in [-0.2, -0.15) is 0 Å². The van der Waals surface area contributed by atoms with Crippen molar-refractivity contribution in [1.29, 1.82) is 4.78 Å². The summed E-state index contributed by atoms with van der Waals surface area (Å²) < 4.78 is 24.9. The molecular weight excluding hydrogens is 374 g/mol. The Kier molecular flexibility index (Phi) is 5.25. The molecule has 8 heteroatoms. The maximum absolute atomic E-state index is 11.6. The van der Waals surface area contributed by atoms with Crippen LogP contribution in [0.3, 0.4) is 0 Å². The van der Waals surface area contributed by atoms with Gasteiger partial charge in [-0.15, -0.1) is 0 Å². The fraction of sp³-hybridized carbons (Fsp3) is 0.500. The van der Waals surface area contributed by atoms with Crippen molar-refractivity contribution < 1.29 is 8.95 Å². The molecule has 0 bridgehead atoms. The van der Waals surface area contributed by atoms with Crippen LogP contribution in [-0.2, 0) is 21.9 Å². The molecule has 2 aromatic rings. The molecule has 1 aromatic carbocycles. The van der Waals surface area contributed by atoms with Gasteiger partial charge in [0.25, 0.3) is 0 Å². The zero-order chi connectivity index (χ0) is 19.7. The lowest BCUT2D eigenvalue weighted by Crippen LogP contribution is -2.47. The van der Waals surface area contributed by atoms with Crippen molar-refractivity contribution in [1.82, 2.24) is 14.9 Å². The van der Waals surface area contributed by atoms with Crippen molar-refractivity contribution in [2.75, 3.05) is 43.9 Å². The van der Waals surface area contributed by atoms with E-state index in [2.05, 4.69) is 44.9 Å². The molecule has 1 fully saturated rings. The third-order valence-electron chi connectivity index (χ3n) is 5.48. The van der Waals surface area contributed by atoms with Crippen LogP contribution in [0.25, 0.3) is 0 Å². The van der Waals surface area contributed by atoms with Crippen molar-refractivity contribution in [3.05, 3.63) is 47.3 Å². The van der Waals surface area contributed by atoms with Crippen molar-refractivity contribution in [3.8, 4) is 5.75 Å². The van der Waals surface area contributed by atoms with Gasteiger partial charge in [-0.05, 0) is 24.1 Å². The standard InChI is InChI=1S/C20H27N5O2S/c1-15(18-4-3-17-5-10-27-19(17)11-18)24-6-8-25(9-7-24)20-22-12-16(13-23-20)14-28(2,21)26/h3-4,11-13,15,21H,5-10,14H2,1-2H3. The number of nitrogens with one attached hydrogen (secondary N) is 1. The number of hydrogen-bond donors (Lipinski definition) is 1. The predicted octanol–water partition coefficient (Wildman–Crippen LogP) is 2.47. The summed E-state index contributed by atoms with van der Waals surface area (Å²) in [6.45, 7) is 6.67. The smallest absolute Gasteiger partial charge is 0.225 e. The lowest BCUT2D eigenvalue weighted by molar-refractivity contribution is 0.197. The molecular formula is C20H27N5O2S. The second kappa shape index (κ2) is 7.67. The summed E-state index contributed by atoms with van der Waals surface area (Å²) in [4.78, 5) is 13.5. The molecule has 7 nitrogen and oxygen atoms in total. The van der Waals surface area contributed by atoms with E-state index in [1.807, 2.05) is 0 Å². The Morgan fingerprint density at radius 2 is 1.93 bits per heavy atom. The van der Waals surface area contributed by atoms with Crippen LogP contribution < -0.4 is 9.64 Å². The zero-order valence-corrected chi connectivity index (χ0v) is 17.2.